The Morgan fingerprint density at radius 3 is 1.73 bits per heavy atom. The third-order valence-electron chi connectivity index (χ3n) is 1.98. The second-order valence-electron chi connectivity index (χ2n) is 2.75. The van der Waals surface area contributed by atoms with Crippen molar-refractivity contribution >= 4 is 10.0 Å². The van der Waals surface area contributed by atoms with E-state index in [4.69, 9.17) is 0 Å². The second-order valence-corrected chi connectivity index (χ2v) is 4.79. The maximum Gasteiger partial charge on any atom is 0.211 e. The summed E-state index contributed by atoms with van der Waals surface area (Å²) in [5.41, 5.74) is 0. The summed E-state index contributed by atoms with van der Waals surface area (Å²) in [6.45, 7) is 3.99. The molecule has 0 aromatic heterocycles. The van der Waals surface area contributed by atoms with Crippen LogP contribution in [0.3, 0.4) is 0 Å². The van der Waals surface area contributed by atoms with Gasteiger partial charge in [0, 0.05) is 13.1 Å². The van der Waals surface area contributed by atoms with Gasteiger partial charge >= 0.3 is 0 Å². The average Bonchev–Trinajstić information content (AvgIpc) is 1.88. The molecule has 0 aliphatic carbocycles. The third-order valence-corrected chi connectivity index (χ3v) is 3.32. The first-order valence-electron chi connectivity index (χ1n) is 3.86. The van der Waals surface area contributed by atoms with Gasteiger partial charge in [0.05, 0.1) is 6.26 Å². The average molecular weight is 179 g/mol. The van der Waals surface area contributed by atoms with Gasteiger partial charge in [-0.15, -0.1) is 0 Å². The Bertz CT molecular complexity index is 194. The molecule has 0 atom stereocenters. The zero-order chi connectivity index (χ0) is 9.07. The molecule has 0 saturated carbocycles. The first-order chi connectivity index (χ1) is 4.93. The summed E-state index contributed by atoms with van der Waals surface area (Å²) in [5, 5.41) is 0. The lowest BCUT2D eigenvalue weighted by Crippen LogP contribution is -2.35. The lowest BCUT2D eigenvalue weighted by molar-refractivity contribution is 0.352. The Kier molecular flexibility index (Phi) is 4.03. The van der Waals surface area contributed by atoms with Crippen LogP contribution in [0.2, 0.25) is 0 Å². The summed E-state index contributed by atoms with van der Waals surface area (Å²) in [7, 11) is -1.36. The molecule has 0 aliphatic heterocycles. The van der Waals surface area contributed by atoms with Crippen molar-refractivity contribution in [2.45, 2.75) is 32.7 Å². The highest BCUT2D eigenvalue weighted by Gasteiger charge is 2.18. The number of hydrogen-bond donors (Lipinski definition) is 0. The van der Waals surface area contributed by atoms with Crippen LogP contribution in [0, 0.1) is 0 Å². The van der Waals surface area contributed by atoms with Crippen LogP contribution in [0.4, 0.5) is 0 Å². The third kappa shape index (κ3) is 3.20. The lowest BCUT2D eigenvalue weighted by atomic mass is 10.2. The Morgan fingerprint density at radius 1 is 1.27 bits per heavy atom. The largest absolute Gasteiger partial charge is 0.213 e. The molecule has 0 N–H and O–H groups in total. The van der Waals surface area contributed by atoms with E-state index in [0.717, 1.165) is 12.8 Å². The van der Waals surface area contributed by atoms with Crippen molar-refractivity contribution in [2.24, 2.45) is 0 Å². The molecule has 0 aliphatic rings. The Balaban J connectivity index is 4.33. The predicted octanol–water partition coefficient (Wildman–Crippen LogP) is 1.07. The molecule has 0 aromatic rings. The van der Waals surface area contributed by atoms with Gasteiger partial charge in [-0.1, -0.05) is 13.8 Å². The highest BCUT2D eigenvalue weighted by molar-refractivity contribution is 7.88. The van der Waals surface area contributed by atoms with E-state index < -0.39 is 10.0 Å². The van der Waals surface area contributed by atoms with Gasteiger partial charge in [0.25, 0.3) is 0 Å². The van der Waals surface area contributed by atoms with E-state index in [1.807, 2.05) is 13.8 Å². The quantitative estimate of drug-likeness (QED) is 0.647. The zero-order valence-corrected chi connectivity index (χ0v) is 8.48. The van der Waals surface area contributed by atoms with Crippen LogP contribution in [0.15, 0.2) is 0 Å². The number of sulfonamides is 1. The molecule has 0 heterocycles. The van der Waals surface area contributed by atoms with Gasteiger partial charge in [-0.05, 0) is 12.8 Å². The first kappa shape index (κ1) is 10.9. The maximum atomic E-state index is 11.0. The standard InChI is InChI=1S/C7H17NO2S/c1-5-7(6-2)8(3)11(4,9)10/h7H,5-6H2,1-4H3. The molecule has 0 amide bonds. The second kappa shape index (κ2) is 4.07. The van der Waals surface area contributed by atoms with Crippen LogP contribution in [-0.2, 0) is 10.0 Å². The van der Waals surface area contributed by atoms with Gasteiger partial charge in [0.2, 0.25) is 10.0 Å². The number of rotatable bonds is 4. The molecule has 11 heavy (non-hydrogen) atoms. The smallest absolute Gasteiger partial charge is 0.211 e. The first-order valence-corrected chi connectivity index (χ1v) is 5.71. The maximum absolute atomic E-state index is 11.0. The Morgan fingerprint density at radius 2 is 1.64 bits per heavy atom. The molecule has 0 saturated heterocycles. The van der Waals surface area contributed by atoms with Crippen molar-refractivity contribution < 1.29 is 8.42 Å². The molecule has 0 unspecified atom stereocenters. The molecule has 0 rings (SSSR count). The summed E-state index contributed by atoms with van der Waals surface area (Å²) in [6, 6.07) is 0.157. The van der Waals surface area contributed by atoms with Gasteiger partial charge in [-0.25, -0.2) is 12.7 Å². The molecule has 68 valence electrons. The van der Waals surface area contributed by atoms with Crippen LogP contribution in [0.5, 0.6) is 0 Å². The SMILES string of the molecule is CCC(CC)N(C)S(C)(=O)=O. The summed E-state index contributed by atoms with van der Waals surface area (Å²) in [4.78, 5) is 0. The van der Waals surface area contributed by atoms with Gasteiger partial charge in [-0.2, -0.15) is 0 Å². The molecule has 0 bridgehead atoms. The molecular weight excluding hydrogens is 162 g/mol. The van der Waals surface area contributed by atoms with Crippen molar-refractivity contribution in [1.29, 1.82) is 0 Å². The molecule has 0 fully saturated rings. The number of hydrogen-bond acceptors (Lipinski definition) is 2. The monoisotopic (exact) mass is 179 g/mol. The molecule has 0 spiro atoms. The summed E-state index contributed by atoms with van der Waals surface area (Å²) < 4.78 is 23.5. The van der Waals surface area contributed by atoms with E-state index in [2.05, 4.69) is 0 Å². The lowest BCUT2D eigenvalue weighted by Gasteiger charge is -2.23. The summed E-state index contributed by atoms with van der Waals surface area (Å²) >= 11 is 0. The van der Waals surface area contributed by atoms with Gasteiger partial charge in [0.15, 0.2) is 0 Å². The van der Waals surface area contributed by atoms with E-state index in [9.17, 15) is 8.42 Å². The molecule has 4 heteroatoms. The van der Waals surface area contributed by atoms with E-state index in [1.54, 1.807) is 7.05 Å². The van der Waals surface area contributed by atoms with Crippen LogP contribution in [0.1, 0.15) is 26.7 Å². The van der Waals surface area contributed by atoms with E-state index in [-0.39, 0.29) is 6.04 Å². The van der Waals surface area contributed by atoms with Crippen molar-refractivity contribution in [2.75, 3.05) is 13.3 Å². The van der Waals surface area contributed by atoms with Gasteiger partial charge < -0.3 is 0 Å². The molecule has 3 nitrogen and oxygen atoms in total. The highest BCUT2D eigenvalue weighted by Crippen LogP contribution is 2.08. The normalized spacial score (nSPS) is 12.9. The minimum absolute atomic E-state index is 0.157. The van der Waals surface area contributed by atoms with Gasteiger partial charge in [0.1, 0.15) is 0 Å². The fourth-order valence-corrected chi connectivity index (χ4v) is 1.91. The summed E-state index contributed by atoms with van der Waals surface area (Å²) in [5.74, 6) is 0. The minimum atomic E-state index is -2.99. The number of nitrogens with zero attached hydrogens (tertiary/aromatic N) is 1. The van der Waals surface area contributed by atoms with Crippen LogP contribution in [-0.4, -0.2) is 32.1 Å². The Labute approximate surface area is 69.4 Å². The van der Waals surface area contributed by atoms with Crippen molar-refractivity contribution in [1.82, 2.24) is 4.31 Å². The minimum Gasteiger partial charge on any atom is -0.213 e. The molecule has 0 radical (unpaired) electrons. The fraction of sp³-hybridized carbons (Fsp3) is 1.00. The highest BCUT2D eigenvalue weighted by atomic mass is 32.2. The zero-order valence-electron chi connectivity index (χ0n) is 7.66. The molecule has 0 aromatic carbocycles. The van der Waals surface area contributed by atoms with Gasteiger partial charge in [-0.3, -0.25) is 0 Å². The van der Waals surface area contributed by atoms with Crippen molar-refractivity contribution in [3.8, 4) is 0 Å². The van der Waals surface area contributed by atoms with Crippen molar-refractivity contribution in [3.63, 3.8) is 0 Å². The predicted molar refractivity (Wildman–Crippen MR) is 47.0 cm³/mol. The van der Waals surface area contributed by atoms with E-state index in [0.29, 0.717) is 0 Å². The molecular formula is C7H17NO2S. The fourth-order valence-electron chi connectivity index (χ4n) is 1.07. The van der Waals surface area contributed by atoms with Crippen LogP contribution >= 0.6 is 0 Å². The topological polar surface area (TPSA) is 37.4 Å². The Hall–Kier alpha value is -0.0900. The van der Waals surface area contributed by atoms with Crippen LogP contribution < -0.4 is 0 Å². The summed E-state index contributed by atoms with van der Waals surface area (Å²) in [6.07, 6.45) is 2.99. The van der Waals surface area contributed by atoms with Crippen LogP contribution in [0.25, 0.3) is 0 Å². The van der Waals surface area contributed by atoms with E-state index >= 15 is 0 Å². The van der Waals surface area contributed by atoms with Crippen molar-refractivity contribution in [3.05, 3.63) is 0 Å². The van der Waals surface area contributed by atoms with E-state index in [1.165, 1.54) is 10.6 Å².